The Morgan fingerprint density at radius 1 is 0.970 bits per heavy atom. The molecule has 2 aromatic rings. The molecule has 9 heteroatoms. The second-order valence-corrected chi connectivity index (χ2v) is 9.83. The topological polar surface area (TPSA) is 105 Å². The van der Waals surface area contributed by atoms with Crippen LogP contribution in [0.4, 0.5) is 0 Å². The summed E-state index contributed by atoms with van der Waals surface area (Å²) < 4.78 is 32.9. The minimum atomic E-state index is -3.59. The third-order valence-corrected chi connectivity index (χ3v) is 7.73. The van der Waals surface area contributed by atoms with Crippen LogP contribution in [-0.2, 0) is 26.0 Å². The number of carbonyl (C=O) groups excluding carboxylic acids is 2. The average molecular weight is 474 g/mol. The molecule has 3 rings (SSSR count). The van der Waals surface area contributed by atoms with Gasteiger partial charge >= 0.3 is 11.8 Å². The van der Waals surface area contributed by atoms with Crippen LogP contribution < -0.4 is 15.4 Å². The molecule has 0 spiro atoms. The van der Waals surface area contributed by atoms with Crippen LogP contribution in [0.2, 0.25) is 0 Å². The summed E-state index contributed by atoms with van der Waals surface area (Å²) in [7, 11) is -2.00. The van der Waals surface area contributed by atoms with Crippen molar-refractivity contribution in [2.45, 2.75) is 43.0 Å². The Bertz CT molecular complexity index is 1040. The Labute approximate surface area is 195 Å². The van der Waals surface area contributed by atoms with Gasteiger partial charge in [-0.15, -0.1) is 0 Å². The minimum Gasteiger partial charge on any atom is -0.496 e. The van der Waals surface area contributed by atoms with E-state index in [2.05, 4.69) is 10.6 Å². The summed E-state index contributed by atoms with van der Waals surface area (Å²) in [6.45, 7) is 0.988. The molecule has 33 heavy (non-hydrogen) atoms. The van der Waals surface area contributed by atoms with Crippen LogP contribution in [0.5, 0.6) is 5.75 Å². The van der Waals surface area contributed by atoms with Crippen molar-refractivity contribution in [3.63, 3.8) is 0 Å². The molecule has 0 bridgehead atoms. The average Bonchev–Trinajstić information content (AvgIpc) is 2.85. The van der Waals surface area contributed by atoms with Gasteiger partial charge in [-0.2, -0.15) is 4.31 Å². The first-order valence-electron chi connectivity index (χ1n) is 11.2. The van der Waals surface area contributed by atoms with Gasteiger partial charge in [0.2, 0.25) is 10.0 Å². The van der Waals surface area contributed by atoms with Gasteiger partial charge in [0, 0.05) is 25.7 Å². The van der Waals surface area contributed by atoms with Crippen LogP contribution in [-0.4, -0.2) is 57.3 Å². The molecule has 1 atom stereocenters. The standard InChI is InChI=1S/C24H31N3O5S/c1-32-22-13-6-5-9-19(22)14-16-25-23(28)24(29)26-17-15-20-10-7-8-18-27(20)33(30,31)21-11-3-2-4-12-21/h2-6,9,11-13,20H,7-8,10,14-18H2,1H3,(H,25,28)(H,26,29)/t20-/m0/s1. The summed E-state index contributed by atoms with van der Waals surface area (Å²) in [6, 6.07) is 15.7. The second kappa shape index (κ2) is 11.8. The van der Waals surface area contributed by atoms with Crippen molar-refractivity contribution in [3.05, 3.63) is 60.2 Å². The summed E-state index contributed by atoms with van der Waals surface area (Å²) in [4.78, 5) is 24.6. The molecule has 0 aliphatic carbocycles. The molecule has 0 unspecified atom stereocenters. The summed E-state index contributed by atoms with van der Waals surface area (Å²) in [5.41, 5.74) is 0.942. The Kier molecular flexibility index (Phi) is 8.85. The number of carbonyl (C=O) groups is 2. The van der Waals surface area contributed by atoms with E-state index in [9.17, 15) is 18.0 Å². The molecule has 0 aromatic heterocycles. The molecular formula is C24H31N3O5S. The Morgan fingerprint density at radius 3 is 2.36 bits per heavy atom. The van der Waals surface area contributed by atoms with E-state index in [0.717, 1.165) is 30.6 Å². The first-order valence-corrected chi connectivity index (χ1v) is 12.6. The number of benzene rings is 2. The van der Waals surface area contributed by atoms with Gasteiger partial charge in [0.05, 0.1) is 12.0 Å². The maximum Gasteiger partial charge on any atom is 0.309 e. The van der Waals surface area contributed by atoms with Crippen LogP contribution in [0.25, 0.3) is 0 Å². The van der Waals surface area contributed by atoms with E-state index in [1.165, 1.54) is 4.31 Å². The van der Waals surface area contributed by atoms with Crippen molar-refractivity contribution in [1.82, 2.24) is 14.9 Å². The fourth-order valence-electron chi connectivity index (χ4n) is 4.04. The van der Waals surface area contributed by atoms with E-state index in [-0.39, 0.29) is 17.5 Å². The Morgan fingerprint density at radius 2 is 1.64 bits per heavy atom. The van der Waals surface area contributed by atoms with Crippen molar-refractivity contribution in [3.8, 4) is 5.75 Å². The molecule has 0 saturated carbocycles. The fourth-order valence-corrected chi connectivity index (χ4v) is 5.78. The first kappa shape index (κ1) is 24.7. The maximum absolute atomic E-state index is 13.0. The molecule has 8 nitrogen and oxygen atoms in total. The number of nitrogens with one attached hydrogen (secondary N) is 2. The number of nitrogens with zero attached hydrogens (tertiary/aromatic N) is 1. The van der Waals surface area contributed by atoms with E-state index in [1.54, 1.807) is 37.4 Å². The predicted octanol–water partition coefficient (Wildman–Crippen LogP) is 2.10. The monoisotopic (exact) mass is 473 g/mol. The molecule has 2 aromatic carbocycles. The van der Waals surface area contributed by atoms with Gasteiger partial charge in [-0.25, -0.2) is 8.42 Å². The number of sulfonamides is 1. The fraction of sp³-hybridized carbons (Fsp3) is 0.417. The van der Waals surface area contributed by atoms with Crippen molar-refractivity contribution < 1.29 is 22.7 Å². The lowest BCUT2D eigenvalue weighted by molar-refractivity contribution is -0.139. The van der Waals surface area contributed by atoms with E-state index in [1.807, 2.05) is 24.3 Å². The quantitative estimate of drug-likeness (QED) is 0.543. The second-order valence-electron chi connectivity index (χ2n) is 7.94. The van der Waals surface area contributed by atoms with Crippen LogP contribution in [0.1, 0.15) is 31.2 Å². The molecule has 1 heterocycles. The number of methoxy groups -OCH3 is 1. The third kappa shape index (κ3) is 6.55. The Balaban J connectivity index is 1.47. The summed E-state index contributed by atoms with van der Waals surface area (Å²) >= 11 is 0. The van der Waals surface area contributed by atoms with E-state index < -0.39 is 21.8 Å². The highest BCUT2D eigenvalue weighted by molar-refractivity contribution is 7.89. The lowest BCUT2D eigenvalue weighted by Gasteiger charge is -2.34. The number of para-hydroxylation sites is 1. The zero-order valence-electron chi connectivity index (χ0n) is 18.8. The number of ether oxygens (including phenoxy) is 1. The van der Waals surface area contributed by atoms with Crippen LogP contribution in [0.3, 0.4) is 0 Å². The zero-order valence-corrected chi connectivity index (χ0v) is 19.6. The number of hydrogen-bond acceptors (Lipinski definition) is 5. The molecule has 0 radical (unpaired) electrons. The molecule has 1 aliphatic rings. The first-order chi connectivity index (χ1) is 15.9. The predicted molar refractivity (Wildman–Crippen MR) is 125 cm³/mol. The van der Waals surface area contributed by atoms with Gasteiger partial charge in [0.25, 0.3) is 0 Å². The maximum atomic E-state index is 13.0. The zero-order chi connectivity index (χ0) is 23.7. The van der Waals surface area contributed by atoms with Gasteiger partial charge in [0.15, 0.2) is 0 Å². The van der Waals surface area contributed by atoms with Gasteiger partial charge < -0.3 is 15.4 Å². The van der Waals surface area contributed by atoms with Crippen LogP contribution >= 0.6 is 0 Å². The van der Waals surface area contributed by atoms with Gasteiger partial charge in [-0.1, -0.05) is 42.8 Å². The lowest BCUT2D eigenvalue weighted by atomic mass is 10.0. The van der Waals surface area contributed by atoms with Gasteiger partial charge in [-0.05, 0) is 49.4 Å². The molecule has 178 valence electrons. The van der Waals surface area contributed by atoms with Crippen molar-refractivity contribution in [2.75, 3.05) is 26.7 Å². The SMILES string of the molecule is COc1ccccc1CCNC(=O)C(=O)NCC[C@@H]1CCCCN1S(=O)(=O)c1ccccc1. The summed E-state index contributed by atoms with van der Waals surface area (Å²) in [5.74, 6) is -0.690. The van der Waals surface area contributed by atoms with Crippen molar-refractivity contribution in [2.24, 2.45) is 0 Å². The highest BCUT2D eigenvalue weighted by atomic mass is 32.2. The smallest absolute Gasteiger partial charge is 0.309 e. The lowest BCUT2D eigenvalue weighted by Crippen LogP contribution is -2.46. The van der Waals surface area contributed by atoms with Crippen LogP contribution in [0, 0.1) is 0 Å². The molecule has 2 amide bonds. The molecule has 1 aliphatic heterocycles. The van der Waals surface area contributed by atoms with Gasteiger partial charge in [-0.3, -0.25) is 9.59 Å². The normalized spacial score (nSPS) is 16.7. The number of piperidine rings is 1. The molecule has 1 saturated heterocycles. The molecule has 1 fully saturated rings. The van der Waals surface area contributed by atoms with E-state index in [0.29, 0.717) is 25.9 Å². The van der Waals surface area contributed by atoms with Crippen molar-refractivity contribution >= 4 is 21.8 Å². The van der Waals surface area contributed by atoms with Crippen molar-refractivity contribution in [1.29, 1.82) is 0 Å². The number of hydrogen-bond donors (Lipinski definition) is 2. The molecular weight excluding hydrogens is 442 g/mol. The highest BCUT2D eigenvalue weighted by Gasteiger charge is 2.33. The van der Waals surface area contributed by atoms with E-state index in [4.69, 9.17) is 4.74 Å². The molecule has 2 N–H and O–H groups in total. The minimum absolute atomic E-state index is 0.210. The highest BCUT2D eigenvalue weighted by Crippen LogP contribution is 2.26. The van der Waals surface area contributed by atoms with Gasteiger partial charge in [0.1, 0.15) is 5.75 Å². The number of rotatable bonds is 9. The van der Waals surface area contributed by atoms with Crippen LogP contribution in [0.15, 0.2) is 59.5 Å². The largest absolute Gasteiger partial charge is 0.496 e. The summed E-state index contributed by atoms with van der Waals surface area (Å²) in [5, 5.41) is 5.23. The Hall–Kier alpha value is -2.91. The van der Waals surface area contributed by atoms with E-state index >= 15 is 0 Å². The summed E-state index contributed by atoms with van der Waals surface area (Å²) in [6.07, 6.45) is 3.46. The third-order valence-electron chi connectivity index (χ3n) is 5.76. The number of amides is 2.